The van der Waals surface area contributed by atoms with E-state index in [1.54, 1.807) is 30.3 Å². The summed E-state index contributed by atoms with van der Waals surface area (Å²) < 4.78 is 30.5. The van der Waals surface area contributed by atoms with Crippen molar-refractivity contribution in [1.82, 2.24) is 9.97 Å². The quantitative estimate of drug-likeness (QED) is 0.233. The number of carbonyl (C=O) groups is 2. The molecule has 3 rings (SSSR count). The Morgan fingerprint density at radius 1 is 1.07 bits per heavy atom. The molecule has 0 unspecified atom stereocenters. The highest BCUT2D eigenvalue weighted by Crippen LogP contribution is 2.25. The minimum atomic E-state index is -3.95. The highest BCUT2D eigenvalue weighted by atomic mass is 35.5. The maximum atomic E-state index is 12.6. The van der Waals surface area contributed by atoms with Gasteiger partial charge in [-0.1, -0.05) is 53.5 Å². The van der Waals surface area contributed by atoms with Crippen LogP contribution in [0, 0.1) is 0 Å². The van der Waals surface area contributed by atoms with Crippen LogP contribution in [0.4, 0.5) is 0 Å². The fourth-order valence-corrected chi connectivity index (χ4v) is 4.06. The SMILES string of the molecule is CC(=O)c1cc(Cl)ccc1OC(=O)c1nc(S(=O)(=O)Cc2ccccc2)ncc1Cl. The molecule has 0 aliphatic rings. The summed E-state index contributed by atoms with van der Waals surface area (Å²) in [6.45, 7) is 1.29. The van der Waals surface area contributed by atoms with E-state index in [4.69, 9.17) is 27.9 Å². The molecule has 0 saturated heterocycles. The van der Waals surface area contributed by atoms with Gasteiger partial charge in [-0.25, -0.2) is 23.2 Å². The lowest BCUT2D eigenvalue weighted by atomic mass is 10.1. The molecule has 0 spiro atoms. The molecule has 1 aromatic heterocycles. The third-order valence-corrected chi connectivity index (χ3v) is 5.89. The number of esters is 1. The molecule has 7 nitrogen and oxygen atoms in total. The highest BCUT2D eigenvalue weighted by molar-refractivity contribution is 7.90. The summed E-state index contributed by atoms with van der Waals surface area (Å²) in [5.41, 5.74) is 0.174. The Hall–Kier alpha value is -2.81. The van der Waals surface area contributed by atoms with Crippen molar-refractivity contribution in [2.45, 2.75) is 17.8 Å². The second-order valence-electron chi connectivity index (χ2n) is 6.18. The minimum absolute atomic E-state index is 0.0553. The molecule has 2 aromatic carbocycles. The third kappa shape index (κ3) is 5.02. The number of nitrogens with zero attached hydrogens (tertiary/aromatic N) is 2. The summed E-state index contributed by atoms with van der Waals surface area (Å²) in [6.07, 6.45) is 1.01. The molecule has 1 heterocycles. The van der Waals surface area contributed by atoms with Crippen molar-refractivity contribution >= 4 is 44.8 Å². The van der Waals surface area contributed by atoms with Gasteiger partial charge in [-0.3, -0.25) is 4.79 Å². The topological polar surface area (TPSA) is 103 Å². The summed E-state index contributed by atoms with van der Waals surface area (Å²) in [5.74, 6) is -1.82. The van der Waals surface area contributed by atoms with Crippen LogP contribution >= 0.6 is 23.2 Å². The monoisotopic (exact) mass is 464 g/mol. The van der Waals surface area contributed by atoms with Crippen molar-refractivity contribution in [3.8, 4) is 5.75 Å². The molecule has 0 N–H and O–H groups in total. The third-order valence-electron chi connectivity index (χ3n) is 3.92. The lowest BCUT2D eigenvalue weighted by molar-refractivity contribution is 0.0725. The van der Waals surface area contributed by atoms with Gasteiger partial charge in [0.2, 0.25) is 15.0 Å². The van der Waals surface area contributed by atoms with Gasteiger partial charge >= 0.3 is 5.97 Å². The lowest BCUT2D eigenvalue weighted by Gasteiger charge is -2.10. The molecular formula is C20H14Cl2N2O5S. The van der Waals surface area contributed by atoms with Crippen LogP contribution in [-0.4, -0.2) is 30.1 Å². The molecule has 0 amide bonds. The number of sulfone groups is 1. The fourth-order valence-electron chi connectivity index (χ4n) is 2.52. The van der Waals surface area contributed by atoms with Gasteiger partial charge in [-0.2, -0.15) is 0 Å². The molecule has 0 bridgehead atoms. The van der Waals surface area contributed by atoms with Gasteiger partial charge in [0.05, 0.1) is 22.5 Å². The maximum Gasteiger partial charge on any atom is 0.364 e. The molecule has 3 aromatic rings. The van der Waals surface area contributed by atoms with E-state index < -0.39 is 26.7 Å². The number of ether oxygens (including phenoxy) is 1. The van der Waals surface area contributed by atoms with E-state index in [9.17, 15) is 18.0 Å². The van der Waals surface area contributed by atoms with Crippen molar-refractivity contribution < 1.29 is 22.7 Å². The van der Waals surface area contributed by atoms with E-state index >= 15 is 0 Å². The van der Waals surface area contributed by atoms with E-state index in [0.29, 0.717) is 5.56 Å². The summed E-state index contributed by atoms with van der Waals surface area (Å²) in [5, 5.41) is -0.475. The number of rotatable bonds is 6. The van der Waals surface area contributed by atoms with Gasteiger partial charge in [-0.15, -0.1) is 0 Å². The fraction of sp³-hybridized carbons (Fsp3) is 0.100. The van der Waals surface area contributed by atoms with Crippen molar-refractivity contribution in [2.24, 2.45) is 0 Å². The predicted molar refractivity (Wildman–Crippen MR) is 111 cm³/mol. The molecule has 30 heavy (non-hydrogen) atoms. The summed E-state index contributed by atoms with van der Waals surface area (Å²) in [7, 11) is -3.95. The number of hydrogen-bond donors (Lipinski definition) is 0. The van der Waals surface area contributed by atoms with E-state index in [-0.39, 0.29) is 32.9 Å². The highest BCUT2D eigenvalue weighted by Gasteiger charge is 2.25. The van der Waals surface area contributed by atoms with Crippen LogP contribution < -0.4 is 4.74 Å². The Balaban J connectivity index is 1.92. The number of benzene rings is 2. The van der Waals surface area contributed by atoms with Crippen LogP contribution in [0.1, 0.15) is 33.3 Å². The van der Waals surface area contributed by atoms with Gasteiger partial charge < -0.3 is 4.74 Å². The molecule has 0 saturated carbocycles. The van der Waals surface area contributed by atoms with Crippen molar-refractivity contribution in [3.63, 3.8) is 0 Å². The number of ketones is 1. The first kappa shape index (κ1) is 21.9. The summed E-state index contributed by atoms with van der Waals surface area (Å²) in [4.78, 5) is 31.9. The van der Waals surface area contributed by atoms with Gasteiger partial charge in [0, 0.05) is 5.02 Å². The molecule has 0 radical (unpaired) electrons. The standard InChI is InChI=1S/C20H14Cl2N2O5S/c1-12(25)15-9-14(21)7-8-17(15)29-19(26)18-16(22)10-23-20(24-18)30(27,28)11-13-5-3-2-4-6-13/h2-10H,11H2,1H3. The van der Waals surface area contributed by atoms with E-state index in [2.05, 4.69) is 9.97 Å². The smallest absolute Gasteiger partial charge is 0.364 e. The van der Waals surface area contributed by atoms with E-state index in [1.807, 2.05) is 0 Å². The van der Waals surface area contributed by atoms with E-state index in [0.717, 1.165) is 6.20 Å². The number of carbonyl (C=O) groups excluding carboxylic acids is 2. The molecule has 0 fully saturated rings. The Labute approximate surface area is 182 Å². The molecule has 0 atom stereocenters. The summed E-state index contributed by atoms with van der Waals surface area (Å²) in [6, 6.07) is 12.6. The van der Waals surface area contributed by atoms with Crippen LogP contribution in [0.25, 0.3) is 0 Å². The zero-order valence-electron chi connectivity index (χ0n) is 15.5. The first-order valence-corrected chi connectivity index (χ1v) is 10.9. The molecule has 10 heteroatoms. The lowest BCUT2D eigenvalue weighted by Crippen LogP contribution is -2.17. The van der Waals surface area contributed by atoms with Crippen LogP contribution in [0.2, 0.25) is 10.0 Å². The normalized spacial score (nSPS) is 11.2. The Morgan fingerprint density at radius 2 is 1.77 bits per heavy atom. The molecule has 154 valence electrons. The number of aromatic nitrogens is 2. The van der Waals surface area contributed by atoms with Crippen molar-refractivity contribution in [2.75, 3.05) is 0 Å². The van der Waals surface area contributed by atoms with Crippen LogP contribution in [-0.2, 0) is 15.6 Å². The largest absolute Gasteiger partial charge is 0.421 e. The van der Waals surface area contributed by atoms with E-state index in [1.165, 1.54) is 25.1 Å². The molecule has 0 aliphatic carbocycles. The first-order valence-electron chi connectivity index (χ1n) is 8.49. The number of halogens is 2. The number of hydrogen-bond acceptors (Lipinski definition) is 7. The molecule has 0 aliphatic heterocycles. The number of Topliss-reactive ketones (excluding diaryl/α,β-unsaturated/α-hetero) is 1. The Bertz CT molecular complexity index is 1230. The predicted octanol–water partition coefficient (Wildman–Crippen LogP) is 4.18. The van der Waals surface area contributed by atoms with Gasteiger partial charge in [0.15, 0.2) is 11.5 Å². The Morgan fingerprint density at radius 3 is 2.43 bits per heavy atom. The van der Waals surface area contributed by atoms with Gasteiger partial charge in [0.25, 0.3) is 0 Å². The second-order valence-corrected chi connectivity index (χ2v) is 8.91. The average Bonchev–Trinajstić information content (AvgIpc) is 2.69. The van der Waals surface area contributed by atoms with Gasteiger partial charge in [-0.05, 0) is 30.7 Å². The van der Waals surface area contributed by atoms with Crippen molar-refractivity contribution in [1.29, 1.82) is 0 Å². The van der Waals surface area contributed by atoms with Crippen molar-refractivity contribution in [3.05, 3.63) is 81.6 Å². The average molecular weight is 465 g/mol. The second kappa shape index (κ2) is 8.91. The minimum Gasteiger partial charge on any atom is -0.421 e. The maximum absolute atomic E-state index is 12.6. The van der Waals surface area contributed by atoms with Crippen LogP contribution in [0.15, 0.2) is 59.9 Å². The zero-order chi connectivity index (χ0) is 21.9. The van der Waals surface area contributed by atoms with Gasteiger partial charge in [0.1, 0.15) is 5.75 Å². The zero-order valence-corrected chi connectivity index (χ0v) is 17.8. The first-order chi connectivity index (χ1) is 14.2. The Kier molecular flexibility index (Phi) is 6.50. The van der Waals surface area contributed by atoms with Crippen LogP contribution in [0.5, 0.6) is 5.75 Å². The van der Waals surface area contributed by atoms with Crippen LogP contribution in [0.3, 0.4) is 0 Å². The summed E-state index contributed by atoms with van der Waals surface area (Å²) >= 11 is 11.9. The molecular weight excluding hydrogens is 451 g/mol.